The van der Waals surface area contributed by atoms with Crippen LogP contribution in [0.1, 0.15) is 42.0 Å². The van der Waals surface area contributed by atoms with Gasteiger partial charge in [0.05, 0.1) is 5.69 Å². The first-order chi connectivity index (χ1) is 12.8. The lowest BCUT2D eigenvalue weighted by Crippen LogP contribution is -2.41. The number of nitrogens with one attached hydrogen (secondary N) is 1. The standard InChI is InChI=1S/C21H27N5/c22-21-24-19-17(14-5-2-1-3-6-14)7-4-8-18(19)20(25-21)26-10-9-15-11-23-12-16(15)13-26/h1-3,5-6,15-17,23H,4,7-13H2,(H2,22,24,25). The van der Waals surface area contributed by atoms with Crippen molar-refractivity contribution in [2.75, 3.05) is 36.8 Å². The third-order valence-electron chi connectivity index (χ3n) is 6.49. The number of nitrogens with two attached hydrogens (primary N) is 1. The van der Waals surface area contributed by atoms with Crippen LogP contribution in [0, 0.1) is 11.8 Å². The van der Waals surface area contributed by atoms with Crippen LogP contribution in [0.15, 0.2) is 30.3 Å². The monoisotopic (exact) mass is 349 g/mol. The Labute approximate surface area is 155 Å². The Hall–Kier alpha value is -2.14. The van der Waals surface area contributed by atoms with Crippen LogP contribution in [0.5, 0.6) is 0 Å². The molecule has 2 fully saturated rings. The molecule has 1 aromatic carbocycles. The molecule has 26 heavy (non-hydrogen) atoms. The topological polar surface area (TPSA) is 67.1 Å². The molecule has 3 atom stereocenters. The van der Waals surface area contributed by atoms with Gasteiger partial charge in [0.1, 0.15) is 5.82 Å². The summed E-state index contributed by atoms with van der Waals surface area (Å²) in [6, 6.07) is 10.7. The third-order valence-corrected chi connectivity index (χ3v) is 6.49. The van der Waals surface area contributed by atoms with E-state index in [4.69, 9.17) is 15.7 Å². The van der Waals surface area contributed by atoms with Crippen molar-refractivity contribution in [2.45, 2.75) is 31.6 Å². The summed E-state index contributed by atoms with van der Waals surface area (Å²) in [7, 11) is 0. The number of piperidine rings is 1. The van der Waals surface area contributed by atoms with Crippen LogP contribution < -0.4 is 16.0 Å². The summed E-state index contributed by atoms with van der Waals surface area (Å²) in [6.45, 7) is 4.49. The van der Waals surface area contributed by atoms with Crippen LogP contribution in [-0.2, 0) is 6.42 Å². The van der Waals surface area contributed by atoms with Crippen LogP contribution in [0.25, 0.3) is 0 Å². The average molecular weight is 349 g/mol. The molecule has 3 heterocycles. The number of benzene rings is 1. The average Bonchev–Trinajstić information content (AvgIpc) is 3.15. The maximum atomic E-state index is 6.18. The van der Waals surface area contributed by atoms with Gasteiger partial charge in [-0.25, -0.2) is 4.98 Å². The number of hydrogen-bond acceptors (Lipinski definition) is 5. The zero-order chi connectivity index (χ0) is 17.5. The Bertz CT molecular complexity index is 790. The highest BCUT2D eigenvalue weighted by Crippen LogP contribution is 2.40. The highest BCUT2D eigenvalue weighted by atomic mass is 15.2. The van der Waals surface area contributed by atoms with Crippen molar-refractivity contribution in [1.29, 1.82) is 0 Å². The molecule has 2 aromatic rings. The molecular formula is C21H27N5. The maximum absolute atomic E-state index is 6.18. The number of aromatic nitrogens is 2. The maximum Gasteiger partial charge on any atom is 0.222 e. The molecule has 5 heteroatoms. The molecule has 0 amide bonds. The van der Waals surface area contributed by atoms with E-state index in [9.17, 15) is 0 Å². The fourth-order valence-corrected chi connectivity index (χ4v) is 5.15. The second-order valence-electron chi connectivity index (χ2n) is 8.04. The summed E-state index contributed by atoms with van der Waals surface area (Å²) in [6.07, 6.45) is 4.64. The van der Waals surface area contributed by atoms with Gasteiger partial charge < -0.3 is 16.0 Å². The first kappa shape index (κ1) is 16.1. The summed E-state index contributed by atoms with van der Waals surface area (Å²) < 4.78 is 0. The largest absolute Gasteiger partial charge is 0.368 e. The van der Waals surface area contributed by atoms with E-state index in [-0.39, 0.29) is 0 Å². The Morgan fingerprint density at radius 2 is 1.88 bits per heavy atom. The van der Waals surface area contributed by atoms with E-state index < -0.39 is 0 Å². The molecule has 1 aliphatic carbocycles. The minimum Gasteiger partial charge on any atom is -0.368 e. The van der Waals surface area contributed by atoms with E-state index >= 15 is 0 Å². The van der Waals surface area contributed by atoms with Gasteiger partial charge >= 0.3 is 0 Å². The van der Waals surface area contributed by atoms with Crippen molar-refractivity contribution in [3.05, 3.63) is 47.2 Å². The molecule has 0 spiro atoms. The summed E-state index contributed by atoms with van der Waals surface area (Å²) in [5, 5.41) is 3.55. The fourth-order valence-electron chi connectivity index (χ4n) is 5.15. The van der Waals surface area contributed by atoms with Gasteiger partial charge in [-0.3, -0.25) is 0 Å². The molecule has 0 saturated carbocycles. The Morgan fingerprint density at radius 1 is 1.04 bits per heavy atom. The fraction of sp³-hybridized carbons (Fsp3) is 0.524. The van der Waals surface area contributed by atoms with Crippen molar-refractivity contribution in [2.24, 2.45) is 11.8 Å². The van der Waals surface area contributed by atoms with Crippen molar-refractivity contribution < 1.29 is 0 Å². The predicted octanol–water partition coefficient (Wildman–Crippen LogP) is 2.57. The molecule has 5 rings (SSSR count). The first-order valence-electron chi connectivity index (χ1n) is 9.96. The number of hydrogen-bond donors (Lipinski definition) is 2. The Kier molecular flexibility index (Phi) is 4.04. The van der Waals surface area contributed by atoms with Crippen molar-refractivity contribution >= 4 is 11.8 Å². The minimum atomic E-state index is 0.342. The molecule has 2 saturated heterocycles. The number of nitrogens with zero attached hydrogens (tertiary/aromatic N) is 3. The van der Waals surface area contributed by atoms with Gasteiger partial charge in [0.2, 0.25) is 5.95 Å². The predicted molar refractivity (Wildman–Crippen MR) is 104 cm³/mol. The Morgan fingerprint density at radius 3 is 2.77 bits per heavy atom. The lowest BCUT2D eigenvalue weighted by atomic mass is 9.81. The molecule has 3 aliphatic rings. The number of rotatable bonds is 2. The first-order valence-corrected chi connectivity index (χ1v) is 9.96. The molecule has 0 radical (unpaired) electrons. The van der Waals surface area contributed by atoms with Crippen LogP contribution in [0.4, 0.5) is 11.8 Å². The number of anilines is 2. The van der Waals surface area contributed by atoms with E-state index in [1.807, 2.05) is 0 Å². The van der Waals surface area contributed by atoms with Gasteiger partial charge in [-0.15, -0.1) is 0 Å². The van der Waals surface area contributed by atoms with E-state index in [0.717, 1.165) is 55.8 Å². The summed E-state index contributed by atoms with van der Waals surface area (Å²) in [4.78, 5) is 11.9. The second-order valence-corrected chi connectivity index (χ2v) is 8.04. The molecule has 136 valence electrons. The molecule has 3 N–H and O–H groups in total. The molecule has 3 unspecified atom stereocenters. The van der Waals surface area contributed by atoms with Crippen molar-refractivity contribution in [3.8, 4) is 0 Å². The summed E-state index contributed by atoms with van der Waals surface area (Å²) in [5.41, 5.74) is 10.0. The molecule has 0 bridgehead atoms. The van der Waals surface area contributed by atoms with Crippen LogP contribution >= 0.6 is 0 Å². The van der Waals surface area contributed by atoms with Gasteiger partial charge in [-0.1, -0.05) is 30.3 Å². The van der Waals surface area contributed by atoms with Gasteiger partial charge in [0.15, 0.2) is 0 Å². The van der Waals surface area contributed by atoms with Crippen LogP contribution in [0.2, 0.25) is 0 Å². The van der Waals surface area contributed by atoms with Gasteiger partial charge in [0.25, 0.3) is 0 Å². The Balaban J connectivity index is 1.53. The third kappa shape index (κ3) is 2.75. The smallest absolute Gasteiger partial charge is 0.222 e. The lowest BCUT2D eigenvalue weighted by molar-refractivity contribution is 0.347. The highest BCUT2D eigenvalue weighted by molar-refractivity contribution is 5.55. The van der Waals surface area contributed by atoms with E-state index in [1.165, 1.54) is 30.5 Å². The molecule has 5 nitrogen and oxygen atoms in total. The van der Waals surface area contributed by atoms with Gasteiger partial charge in [0, 0.05) is 24.6 Å². The van der Waals surface area contributed by atoms with Crippen LogP contribution in [-0.4, -0.2) is 36.1 Å². The van der Waals surface area contributed by atoms with E-state index in [0.29, 0.717) is 11.9 Å². The number of fused-ring (bicyclic) bond motifs is 2. The van der Waals surface area contributed by atoms with Gasteiger partial charge in [-0.2, -0.15) is 4.98 Å². The molecule has 1 aromatic heterocycles. The zero-order valence-corrected chi connectivity index (χ0v) is 15.2. The van der Waals surface area contributed by atoms with Crippen molar-refractivity contribution in [3.63, 3.8) is 0 Å². The zero-order valence-electron chi connectivity index (χ0n) is 15.2. The SMILES string of the molecule is Nc1nc2c(c(N3CCC4CNCC4C3)n1)CCCC2c1ccccc1. The van der Waals surface area contributed by atoms with Gasteiger partial charge in [-0.05, 0) is 56.2 Å². The molecule has 2 aliphatic heterocycles. The minimum absolute atomic E-state index is 0.342. The van der Waals surface area contributed by atoms with Crippen molar-refractivity contribution in [1.82, 2.24) is 15.3 Å². The number of nitrogen functional groups attached to an aromatic ring is 1. The van der Waals surface area contributed by atoms with E-state index in [2.05, 4.69) is 40.5 Å². The lowest BCUT2D eigenvalue weighted by Gasteiger charge is -2.37. The quantitative estimate of drug-likeness (QED) is 0.872. The van der Waals surface area contributed by atoms with E-state index in [1.54, 1.807) is 0 Å². The highest BCUT2D eigenvalue weighted by Gasteiger charge is 2.35. The summed E-state index contributed by atoms with van der Waals surface area (Å²) >= 11 is 0. The normalized spacial score (nSPS) is 27.8. The molecular weight excluding hydrogens is 322 g/mol. The van der Waals surface area contributed by atoms with Crippen LogP contribution in [0.3, 0.4) is 0 Å². The second kappa shape index (κ2) is 6.54. The summed E-state index contributed by atoms with van der Waals surface area (Å²) in [5.74, 6) is 3.45.